The normalized spacial score (nSPS) is 24.6. The number of fused-ring (bicyclic) bond motifs is 1. The number of halogens is 3. The maximum absolute atomic E-state index is 15.5. The zero-order chi connectivity index (χ0) is 19.8. The minimum atomic E-state index is -1.95. The SMILES string of the molecule is CC(C)(O)CN1CCC(F)(C(Cl)NC(=O)c2cccc3ccoc23)C(N)C1.Cl. The van der Waals surface area contributed by atoms with E-state index in [-0.39, 0.29) is 25.4 Å². The molecule has 1 aliphatic heterocycles. The molecule has 2 heterocycles. The molecule has 1 aliphatic rings. The van der Waals surface area contributed by atoms with Crippen molar-refractivity contribution in [2.24, 2.45) is 5.73 Å². The predicted octanol–water partition coefficient (Wildman–Crippen LogP) is 2.66. The zero-order valence-electron chi connectivity index (χ0n) is 15.8. The minimum absolute atomic E-state index is 0. The lowest BCUT2D eigenvalue weighted by Gasteiger charge is -2.44. The fourth-order valence-corrected chi connectivity index (χ4v) is 3.90. The number of hydrogen-bond donors (Lipinski definition) is 3. The quantitative estimate of drug-likeness (QED) is 0.497. The first-order chi connectivity index (χ1) is 12.6. The maximum atomic E-state index is 15.5. The van der Waals surface area contributed by atoms with Crippen LogP contribution >= 0.6 is 24.0 Å². The van der Waals surface area contributed by atoms with Crippen molar-refractivity contribution in [3.05, 3.63) is 36.1 Å². The molecule has 0 saturated carbocycles. The number of benzene rings is 1. The molecule has 1 saturated heterocycles. The van der Waals surface area contributed by atoms with Crippen molar-refractivity contribution in [1.82, 2.24) is 10.2 Å². The van der Waals surface area contributed by atoms with Gasteiger partial charge < -0.3 is 20.6 Å². The molecule has 0 spiro atoms. The second-order valence-electron chi connectivity index (χ2n) is 7.81. The molecule has 1 aromatic carbocycles. The van der Waals surface area contributed by atoms with Crippen LogP contribution in [0.2, 0.25) is 0 Å². The highest BCUT2D eigenvalue weighted by Crippen LogP contribution is 2.32. The first-order valence-electron chi connectivity index (χ1n) is 8.90. The molecule has 3 rings (SSSR count). The highest BCUT2D eigenvalue weighted by atomic mass is 35.5. The van der Waals surface area contributed by atoms with E-state index in [9.17, 15) is 9.90 Å². The van der Waals surface area contributed by atoms with Gasteiger partial charge in [-0.3, -0.25) is 9.69 Å². The van der Waals surface area contributed by atoms with Crippen molar-refractivity contribution in [2.45, 2.75) is 43.1 Å². The number of nitrogens with zero attached hydrogens (tertiary/aromatic N) is 1. The minimum Gasteiger partial charge on any atom is -0.464 e. The van der Waals surface area contributed by atoms with Crippen LogP contribution in [-0.4, -0.2) is 58.4 Å². The molecule has 0 aliphatic carbocycles. The van der Waals surface area contributed by atoms with Gasteiger partial charge in [-0.05, 0) is 32.4 Å². The Hall–Kier alpha value is -1.38. The number of β-amino-alcohol motifs (C(OH)–C–C–N with tert-alkyl or cyclic N) is 1. The van der Waals surface area contributed by atoms with E-state index in [2.05, 4.69) is 5.32 Å². The number of alkyl halides is 2. The largest absolute Gasteiger partial charge is 0.464 e. The summed E-state index contributed by atoms with van der Waals surface area (Å²) in [5, 5.41) is 13.2. The summed E-state index contributed by atoms with van der Waals surface area (Å²) in [5.41, 5.74) is 2.64. The summed E-state index contributed by atoms with van der Waals surface area (Å²) in [4.78, 5) is 14.5. The van der Waals surface area contributed by atoms with E-state index in [0.717, 1.165) is 5.39 Å². The molecule has 4 N–H and O–H groups in total. The number of amides is 1. The smallest absolute Gasteiger partial charge is 0.256 e. The Morgan fingerprint density at radius 2 is 2.25 bits per heavy atom. The molecular formula is C19H26Cl2FN3O3. The molecular weight excluding hydrogens is 408 g/mol. The average Bonchev–Trinajstić information content (AvgIpc) is 3.05. The summed E-state index contributed by atoms with van der Waals surface area (Å²) in [6, 6.07) is 5.99. The van der Waals surface area contributed by atoms with E-state index in [1.807, 2.05) is 11.0 Å². The summed E-state index contributed by atoms with van der Waals surface area (Å²) in [6.45, 7) is 4.40. The van der Waals surface area contributed by atoms with Gasteiger partial charge in [0.15, 0.2) is 5.67 Å². The number of furan rings is 1. The van der Waals surface area contributed by atoms with Crippen molar-refractivity contribution in [3.63, 3.8) is 0 Å². The molecule has 6 nitrogen and oxygen atoms in total. The second-order valence-corrected chi connectivity index (χ2v) is 8.25. The zero-order valence-corrected chi connectivity index (χ0v) is 17.4. The number of hydrogen-bond acceptors (Lipinski definition) is 5. The fourth-order valence-electron chi connectivity index (χ4n) is 3.53. The first kappa shape index (κ1) is 22.9. The van der Waals surface area contributed by atoms with Gasteiger partial charge in [-0.1, -0.05) is 23.7 Å². The summed E-state index contributed by atoms with van der Waals surface area (Å²) in [5.74, 6) is -0.515. The van der Waals surface area contributed by atoms with Crippen LogP contribution in [0.25, 0.3) is 11.0 Å². The van der Waals surface area contributed by atoms with Crippen molar-refractivity contribution in [2.75, 3.05) is 19.6 Å². The number of aliphatic hydroxyl groups is 1. The van der Waals surface area contributed by atoms with E-state index in [4.69, 9.17) is 21.8 Å². The number of rotatable bonds is 5. The van der Waals surface area contributed by atoms with Crippen LogP contribution in [0.5, 0.6) is 0 Å². The molecule has 2 aromatic rings. The summed E-state index contributed by atoms with van der Waals surface area (Å²) >= 11 is 6.26. The van der Waals surface area contributed by atoms with Crippen molar-refractivity contribution >= 4 is 40.9 Å². The first-order valence-corrected chi connectivity index (χ1v) is 9.34. The average molecular weight is 434 g/mol. The van der Waals surface area contributed by atoms with Crippen molar-refractivity contribution in [3.8, 4) is 0 Å². The molecule has 0 bridgehead atoms. The highest BCUT2D eigenvalue weighted by molar-refractivity contribution is 6.23. The maximum Gasteiger partial charge on any atom is 0.256 e. The van der Waals surface area contributed by atoms with Crippen molar-refractivity contribution < 1.29 is 18.7 Å². The predicted molar refractivity (Wildman–Crippen MR) is 110 cm³/mol. The summed E-state index contributed by atoms with van der Waals surface area (Å²) in [7, 11) is 0. The number of piperidine rings is 1. The van der Waals surface area contributed by atoms with Crippen LogP contribution in [-0.2, 0) is 0 Å². The molecule has 28 heavy (non-hydrogen) atoms. The molecule has 9 heteroatoms. The Kier molecular flexibility index (Phi) is 6.99. The molecule has 1 fully saturated rings. The topological polar surface area (TPSA) is 91.7 Å². The van der Waals surface area contributed by atoms with Gasteiger partial charge in [-0.25, -0.2) is 4.39 Å². The van der Waals surface area contributed by atoms with Gasteiger partial charge >= 0.3 is 0 Å². The van der Waals surface area contributed by atoms with Gasteiger partial charge in [-0.2, -0.15) is 0 Å². The highest BCUT2D eigenvalue weighted by Gasteiger charge is 2.48. The molecule has 3 atom stereocenters. The number of likely N-dealkylation sites (tertiary alicyclic amines) is 1. The van der Waals surface area contributed by atoms with Crippen molar-refractivity contribution in [1.29, 1.82) is 0 Å². The molecule has 0 radical (unpaired) electrons. The third kappa shape index (κ3) is 4.78. The summed E-state index contributed by atoms with van der Waals surface area (Å²) in [6.07, 6.45) is 1.55. The number of para-hydroxylation sites is 1. The van der Waals surface area contributed by atoms with Gasteiger partial charge in [0, 0.05) is 25.0 Å². The van der Waals surface area contributed by atoms with E-state index >= 15 is 4.39 Å². The monoisotopic (exact) mass is 433 g/mol. The second kappa shape index (κ2) is 8.55. The molecule has 3 unspecified atom stereocenters. The van der Waals surface area contributed by atoms with Crippen LogP contribution in [0, 0.1) is 0 Å². The lowest BCUT2D eigenvalue weighted by Crippen LogP contribution is -2.65. The molecule has 156 valence electrons. The van der Waals surface area contributed by atoms with Crippen LogP contribution < -0.4 is 11.1 Å². The Labute approximate surface area is 174 Å². The lowest BCUT2D eigenvalue weighted by molar-refractivity contribution is -0.0153. The number of carbonyl (C=O) groups excluding carboxylic acids is 1. The number of carbonyl (C=O) groups is 1. The van der Waals surface area contributed by atoms with E-state index in [1.54, 1.807) is 32.0 Å². The number of nitrogens with two attached hydrogens (primary N) is 1. The summed E-state index contributed by atoms with van der Waals surface area (Å²) < 4.78 is 20.9. The van der Waals surface area contributed by atoms with Crippen LogP contribution in [0.15, 0.2) is 34.9 Å². The van der Waals surface area contributed by atoms with Crippen LogP contribution in [0.4, 0.5) is 4.39 Å². The third-order valence-electron chi connectivity index (χ3n) is 4.90. The van der Waals surface area contributed by atoms with Gasteiger partial charge in [-0.15, -0.1) is 12.4 Å². The Balaban J connectivity index is 0.00000280. The fraction of sp³-hybridized carbons (Fsp3) is 0.526. The lowest BCUT2D eigenvalue weighted by atomic mass is 9.87. The Bertz CT molecular complexity index is 826. The molecule has 1 aromatic heterocycles. The van der Waals surface area contributed by atoms with Crippen LogP contribution in [0.3, 0.4) is 0 Å². The Morgan fingerprint density at radius 3 is 2.89 bits per heavy atom. The van der Waals surface area contributed by atoms with Crippen LogP contribution in [0.1, 0.15) is 30.6 Å². The van der Waals surface area contributed by atoms with E-state index < -0.39 is 28.7 Å². The van der Waals surface area contributed by atoms with Gasteiger partial charge in [0.1, 0.15) is 11.1 Å². The van der Waals surface area contributed by atoms with Gasteiger partial charge in [0.2, 0.25) is 0 Å². The van der Waals surface area contributed by atoms with E-state index in [1.165, 1.54) is 6.26 Å². The third-order valence-corrected chi connectivity index (χ3v) is 5.37. The standard InChI is InChI=1S/C19H25ClFN3O3.ClH/c1-18(2,26)11-24-8-7-19(21,14(22)10-24)17(20)23-16(25)13-5-3-4-12-6-9-27-15(12)13;/h3-6,9,14,17,26H,7-8,10-11,22H2,1-2H3,(H,23,25);1H. The number of nitrogens with one attached hydrogen (secondary N) is 1. The Morgan fingerprint density at radius 1 is 1.54 bits per heavy atom. The van der Waals surface area contributed by atoms with Gasteiger partial charge in [0.25, 0.3) is 5.91 Å². The molecule has 1 amide bonds. The van der Waals surface area contributed by atoms with E-state index in [0.29, 0.717) is 24.2 Å². The van der Waals surface area contributed by atoms with Gasteiger partial charge in [0.05, 0.1) is 23.5 Å².